The lowest BCUT2D eigenvalue weighted by molar-refractivity contribution is -0.141. The van der Waals surface area contributed by atoms with E-state index in [1.165, 1.54) is 18.2 Å². The predicted octanol–water partition coefficient (Wildman–Crippen LogP) is 3.71. The van der Waals surface area contributed by atoms with Crippen LogP contribution in [-0.2, 0) is 21.6 Å². The molecule has 2 saturated heterocycles. The number of amidine groups is 1. The van der Waals surface area contributed by atoms with Gasteiger partial charge >= 0.3 is 6.18 Å². The number of aromatic hydroxyl groups is 1. The maximum Gasteiger partial charge on any atom is 0.433 e. The molecule has 0 atom stereocenters. The predicted molar refractivity (Wildman–Crippen MR) is 108 cm³/mol. The number of aromatic nitrogens is 1. The highest BCUT2D eigenvalue weighted by Gasteiger charge is 2.53. The average molecular weight is 451 g/mol. The Labute approximate surface area is 177 Å². The normalized spacial score (nSPS) is 27.0. The molecule has 1 aliphatic carbocycles. The lowest BCUT2D eigenvalue weighted by Gasteiger charge is -2.55. The molecular weight excluding hydrogens is 431 g/mol. The monoisotopic (exact) mass is 451 g/mol. The Hall–Kier alpha value is -2.62. The lowest BCUT2D eigenvalue weighted by Crippen LogP contribution is -2.62. The standard InChI is InChI=1S/C21H20F3N3O3S/c22-21(23,24)18-3-1-2-16(25-18)13-4-5-15(17(28)12-13)20-8-6-14(7-9-20)27-10-11-31(29,30)26-19(20)27/h1-5,12,14,28H,6-11H2. The van der Waals surface area contributed by atoms with E-state index in [0.29, 0.717) is 36.3 Å². The van der Waals surface area contributed by atoms with Crippen molar-refractivity contribution in [2.24, 2.45) is 4.40 Å². The Kier molecular flexibility index (Phi) is 4.38. The highest BCUT2D eigenvalue weighted by atomic mass is 32.2. The van der Waals surface area contributed by atoms with Gasteiger partial charge in [0.25, 0.3) is 10.0 Å². The van der Waals surface area contributed by atoms with Crippen LogP contribution in [0.5, 0.6) is 5.75 Å². The number of sulfonamides is 1. The van der Waals surface area contributed by atoms with Crippen LogP contribution < -0.4 is 0 Å². The van der Waals surface area contributed by atoms with Gasteiger partial charge in [0.05, 0.1) is 16.9 Å². The maximum absolute atomic E-state index is 13.0. The number of benzene rings is 1. The second kappa shape index (κ2) is 6.69. The van der Waals surface area contributed by atoms with Crippen molar-refractivity contribution in [2.75, 3.05) is 12.3 Å². The summed E-state index contributed by atoms with van der Waals surface area (Å²) < 4.78 is 67.6. The summed E-state index contributed by atoms with van der Waals surface area (Å²) in [6.07, 6.45) is -1.49. The third-order valence-corrected chi connectivity index (χ3v) is 7.76. The Bertz CT molecular complexity index is 1190. The number of piperidine rings is 2. The Morgan fingerprint density at radius 1 is 1.13 bits per heavy atom. The first-order valence-corrected chi connectivity index (χ1v) is 11.7. The fourth-order valence-corrected chi connectivity index (χ4v) is 6.20. The quantitative estimate of drug-likeness (QED) is 0.753. The second-order valence-electron chi connectivity index (χ2n) is 8.35. The SMILES string of the molecule is O=S1(=O)CCN2C(=N1)C1(c3ccc(-c4cccc(C(F)(F)F)n4)cc3O)CCC2CC1. The molecule has 3 aliphatic heterocycles. The molecule has 1 saturated carbocycles. The van der Waals surface area contributed by atoms with Crippen molar-refractivity contribution in [1.82, 2.24) is 9.88 Å². The minimum absolute atomic E-state index is 0.0186. The molecule has 164 valence electrons. The molecule has 10 heteroatoms. The van der Waals surface area contributed by atoms with Crippen LogP contribution in [0.15, 0.2) is 40.8 Å². The number of rotatable bonds is 2. The average Bonchev–Trinajstić information content (AvgIpc) is 2.73. The van der Waals surface area contributed by atoms with Crippen molar-refractivity contribution in [3.05, 3.63) is 47.7 Å². The number of phenols is 1. The molecule has 0 unspecified atom stereocenters. The van der Waals surface area contributed by atoms with Gasteiger partial charge in [0.1, 0.15) is 17.3 Å². The van der Waals surface area contributed by atoms with Gasteiger partial charge in [0.15, 0.2) is 0 Å². The van der Waals surface area contributed by atoms with Gasteiger partial charge in [0, 0.05) is 23.7 Å². The number of nitrogens with zero attached hydrogens (tertiary/aromatic N) is 3. The van der Waals surface area contributed by atoms with Gasteiger partial charge in [-0.05, 0) is 43.9 Å². The zero-order chi connectivity index (χ0) is 22.0. The molecule has 1 N–H and O–H groups in total. The minimum atomic E-state index is -4.56. The van der Waals surface area contributed by atoms with Gasteiger partial charge in [-0.15, -0.1) is 4.40 Å². The molecule has 2 bridgehead atoms. The summed E-state index contributed by atoms with van der Waals surface area (Å²) in [7, 11) is -3.56. The van der Waals surface area contributed by atoms with Crippen LogP contribution in [-0.4, -0.2) is 47.6 Å². The number of halogens is 3. The van der Waals surface area contributed by atoms with Crippen molar-refractivity contribution in [2.45, 2.75) is 43.3 Å². The van der Waals surface area contributed by atoms with Crippen LogP contribution in [0.1, 0.15) is 36.9 Å². The summed E-state index contributed by atoms with van der Waals surface area (Å²) in [6, 6.07) is 8.56. The van der Waals surface area contributed by atoms with Crippen LogP contribution in [0, 0.1) is 0 Å². The van der Waals surface area contributed by atoms with Crippen LogP contribution in [0.4, 0.5) is 13.2 Å². The van der Waals surface area contributed by atoms with E-state index in [-0.39, 0.29) is 23.2 Å². The van der Waals surface area contributed by atoms with Gasteiger partial charge in [-0.1, -0.05) is 18.2 Å². The third kappa shape index (κ3) is 3.28. The lowest BCUT2D eigenvalue weighted by atomic mass is 9.62. The van der Waals surface area contributed by atoms with E-state index >= 15 is 0 Å². The van der Waals surface area contributed by atoms with E-state index in [1.807, 2.05) is 0 Å². The molecule has 1 aromatic heterocycles. The zero-order valence-electron chi connectivity index (χ0n) is 16.4. The first kappa shape index (κ1) is 20.3. The van der Waals surface area contributed by atoms with E-state index in [1.54, 1.807) is 12.1 Å². The van der Waals surface area contributed by atoms with Crippen molar-refractivity contribution in [3.63, 3.8) is 0 Å². The smallest absolute Gasteiger partial charge is 0.433 e. The van der Waals surface area contributed by atoms with Gasteiger partial charge in [-0.3, -0.25) is 0 Å². The number of phenolic OH excluding ortho intramolecular Hbond substituents is 1. The topological polar surface area (TPSA) is 82.9 Å². The largest absolute Gasteiger partial charge is 0.508 e. The van der Waals surface area contributed by atoms with E-state index in [9.17, 15) is 26.7 Å². The van der Waals surface area contributed by atoms with Crippen LogP contribution in [0.25, 0.3) is 11.3 Å². The van der Waals surface area contributed by atoms with Gasteiger partial charge < -0.3 is 10.0 Å². The van der Waals surface area contributed by atoms with Crippen LogP contribution in [0.2, 0.25) is 0 Å². The van der Waals surface area contributed by atoms with E-state index < -0.39 is 27.3 Å². The minimum Gasteiger partial charge on any atom is -0.508 e. The maximum atomic E-state index is 13.0. The summed E-state index contributed by atoms with van der Waals surface area (Å²) in [6.45, 7) is 0.389. The molecule has 4 aliphatic rings. The molecule has 6 nitrogen and oxygen atoms in total. The molecule has 0 amide bonds. The zero-order valence-corrected chi connectivity index (χ0v) is 17.2. The molecule has 6 rings (SSSR count). The van der Waals surface area contributed by atoms with Gasteiger partial charge in [-0.2, -0.15) is 13.2 Å². The van der Waals surface area contributed by atoms with Gasteiger partial charge in [-0.25, -0.2) is 13.4 Å². The van der Waals surface area contributed by atoms with E-state index in [2.05, 4.69) is 14.3 Å². The summed E-state index contributed by atoms with van der Waals surface area (Å²) in [4.78, 5) is 5.73. The van der Waals surface area contributed by atoms with E-state index in [0.717, 1.165) is 18.9 Å². The number of alkyl halides is 3. The molecule has 31 heavy (non-hydrogen) atoms. The van der Waals surface area contributed by atoms with E-state index in [4.69, 9.17) is 0 Å². The van der Waals surface area contributed by atoms with Gasteiger partial charge in [0.2, 0.25) is 0 Å². The first-order valence-electron chi connectivity index (χ1n) is 10.1. The Balaban J connectivity index is 1.58. The summed E-state index contributed by atoms with van der Waals surface area (Å²) in [5.74, 6) is 0.374. The molecular formula is C21H20F3N3O3S. The molecule has 2 aromatic rings. The first-order chi connectivity index (χ1) is 14.6. The number of hydrogen-bond acceptors (Lipinski definition) is 5. The number of fused-ring (bicyclic) bond motifs is 2. The van der Waals surface area contributed by atoms with Crippen LogP contribution in [0.3, 0.4) is 0 Å². The Morgan fingerprint density at radius 2 is 1.87 bits per heavy atom. The third-order valence-electron chi connectivity index (χ3n) is 6.61. The van der Waals surface area contributed by atoms with Crippen molar-refractivity contribution in [3.8, 4) is 17.0 Å². The fourth-order valence-electron chi connectivity index (χ4n) is 5.14. The molecule has 1 aromatic carbocycles. The molecule has 0 spiro atoms. The molecule has 4 heterocycles. The molecule has 3 fully saturated rings. The van der Waals surface area contributed by atoms with Crippen molar-refractivity contribution >= 4 is 15.9 Å². The van der Waals surface area contributed by atoms with Crippen molar-refractivity contribution < 1.29 is 26.7 Å². The van der Waals surface area contributed by atoms with Crippen molar-refractivity contribution in [1.29, 1.82) is 0 Å². The highest BCUT2D eigenvalue weighted by Crippen LogP contribution is 2.51. The summed E-state index contributed by atoms with van der Waals surface area (Å²) in [5.41, 5.74) is -0.715. The fraction of sp³-hybridized carbons (Fsp3) is 0.429. The highest BCUT2D eigenvalue weighted by molar-refractivity contribution is 7.90. The number of hydrogen-bond donors (Lipinski definition) is 1. The Morgan fingerprint density at radius 3 is 2.55 bits per heavy atom. The van der Waals surface area contributed by atoms with Crippen LogP contribution >= 0.6 is 0 Å². The second-order valence-corrected chi connectivity index (χ2v) is 10.1. The summed E-state index contributed by atoms with van der Waals surface area (Å²) in [5, 5.41) is 10.9. The number of pyridine rings is 1. The summed E-state index contributed by atoms with van der Waals surface area (Å²) >= 11 is 0. The molecule has 0 radical (unpaired) electrons.